The number of sulfonamides is 1. The zero-order chi connectivity index (χ0) is 27.4. The summed E-state index contributed by atoms with van der Waals surface area (Å²) in [5.74, 6) is 0.125. The van der Waals surface area contributed by atoms with E-state index in [0.717, 1.165) is 12.8 Å². The lowest BCUT2D eigenvalue weighted by atomic mass is 10.1. The summed E-state index contributed by atoms with van der Waals surface area (Å²) in [4.78, 5) is 16.3. The van der Waals surface area contributed by atoms with Crippen LogP contribution in [0.15, 0.2) is 17.0 Å². The van der Waals surface area contributed by atoms with Crippen LogP contribution in [0.25, 0.3) is 16.0 Å². The second-order valence-electron chi connectivity index (χ2n) is 10.1. The van der Waals surface area contributed by atoms with Crippen molar-refractivity contribution >= 4 is 43.9 Å². The molecule has 206 valence electrons. The Kier molecular flexibility index (Phi) is 6.80. The average molecular weight is 570 g/mol. The number of ether oxygens (including phenoxy) is 1. The molecule has 1 amide bonds. The third-order valence-corrected chi connectivity index (χ3v) is 9.34. The van der Waals surface area contributed by atoms with Gasteiger partial charge in [-0.25, -0.2) is 26.6 Å². The van der Waals surface area contributed by atoms with Crippen LogP contribution in [-0.4, -0.2) is 78.0 Å². The lowest BCUT2D eigenvalue weighted by Crippen LogP contribution is -2.50. The fourth-order valence-electron chi connectivity index (χ4n) is 4.47. The number of piperazine rings is 1. The third-order valence-electron chi connectivity index (χ3n) is 6.81. The number of rotatable bonds is 8. The largest absolute Gasteiger partial charge is 0.479 e. The molecule has 1 aliphatic heterocycles. The number of hydrogen-bond acceptors (Lipinski definition) is 9. The molecule has 2 fully saturated rings. The number of carbonyl (C=O) groups excluding carboxylic acids is 1. The smallest absolute Gasteiger partial charge is 0.291 e. The highest BCUT2D eigenvalue weighted by Crippen LogP contribution is 2.41. The molecule has 15 heteroatoms. The van der Waals surface area contributed by atoms with E-state index in [2.05, 4.69) is 20.0 Å². The minimum Gasteiger partial charge on any atom is -0.479 e. The SMILES string of the molecule is COc1nn(-c2nnc(C(F)F)s2)c2cc(S(=O)(=O)NC3(C)CC3)cc(N3CCN(C(=O)C(C)C)CC3)c12. The van der Waals surface area contributed by atoms with Crippen LogP contribution in [0.5, 0.6) is 5.88 Å². The monoisotopic (exact) mass is 569 g/mol. The first-order chi connectivity index (χ1) is 17.9. The van der Waals surface area contributed by atoms with Gasteiger partial charge in [0.05, 0.1) is 28.6 Å². The standard InChI is InChI=1S/C23H29F2N7O4S2/c1-13(2)21(33)31-9-7-30(8-10-31)15-11-14(38(34,35)29-23(3)5-6-23)12-16-17(15)19(36-4)28-32(16)22-27-26-20(37-22)18(24)25/h11-13,18,29H,5-10H2,1-4H3. The van der Waals surface area contributed by atoms with Crippen molar-refractivity contribution in [2.24, 2.45) is 5.92 Å². The molecule has 3 aromatic rings. The molecule has 0 atom stereocenters. The number of hydrogen-bond donors (Lipinski definition) is 1. The lowest BCUT2D eigenvalue weighted by Gasteiger charge is -2.37. The number of alkyl halides is 2. The first kappa shape index (κ1) is 26.7. The van der Waals surface area contributed by atoms with E-state index in [1.807, 2.05) is 25.7 Å². The maximum Gasteiger partial charge on any atom is 0.291 e. The van der Waals surface area contributed by atoms with Gasteiger partial charge in [0.1, 0.15) is 0 Å². The molecule has 2 aromatic heterocycles. The summed E-state index contributed by atoms with van der Waals surface area (Å²) >= 11 is 0.664. The van der Waals surface area contributed by atoms with Gasteiger partial charge in [-0.1, -0.05) is 25.2 Å². The van der Waals surface area contributed by atoms with Gasteiger partial charge in [0.25, 0.3) is 6.43 Å². The molecule has 1 saturated heterocycles. The number of halogens is 2. The average Bonchev–Trinajstić information content (AvgIpc) is 3.26. The molecule has 1 N–H and O–H groups in total. The molecule has 3 heterocycles. The van der Waals surface area contributed by atoms with Crippen molar-refractivity contribution < 1.29 is 26.7 Å². The topological polar surface area (TPSA) is 123 Å². The van der Waals surface area contributed by atoms with E-state index in [1.165, 1.54) is 17.9 Å². The summed E-state index contributed by atoms with van der Waals surface area (Å²) in [7, 11) is -2.49. The Hall–Kier alpha value is -2.91. The second kappa shape index (κ2) is 9.68. The summed E-state index contributed by atoms with van der Waals surface area (Å²) in [6.07, 6.45) is -1.33. The van der Waals surface area contributed by atoms with Crippen molar-refractivity contribution in [1.82, 2.24) is 29.6 Å². The first-order valence-electron chi connectivity index (χ1n) is 12.2. The predicted molar refractivity (Wildman–Crippen MR) is 138 cm³/mol. The van der Waals surface area contributed by atoms with Gasteiger partial charge in [0.2, 0.25) is 26.9 Å². The highest BCUT2D eigenvalue weighted by Gasteiger charge is 2.42. The van der Waals surface area contributed by atoms with E-state index >= 15 is 0 Å². The van der Waals surface area contributed by atoms with Gasteiger partial charge in [-0.15, -0.1) is 15.3 Å². The van der Waals surface area contributed by atoms with Crippen LogP contribution < -0.4 is 14.4 Å². The molecule has 5 rings (SSSR count). The number of nitrogens with one attached hydrogen (secondary N) is 1. The molecule has 0 spiro atoms. The van der Waals surface area contributed by atoms with Gasteiger partial charge in [-0.3, -0.25) is 4.79 Å². The number of nitrogens with zero attached hydrogens (tertiary/aromatic N) is 6. The molecule has 0 bridgehead atoms. The second-order valence-corrected chi connectivity index (χ2v) is 12.8. The van der Waals surface area contributed by atoms with E-state index in [1.54, 1.807) is 11.0 Å². The van der Waals surface area contributed by atoms with Gasteiger partial charge >= 0.3 is 0 Å². The Morgan fingerprint density at radius 2 is 1.84 bits per heavy atom. The first-order valence-corrected chi connectivity index (χ1v) is 14.5. The van der Waals surface area contributed by atoms with Crippen molar-refractivity contribution in [2.75, 3.05) is 38.2 Å². The summed E-state index contributed by atoms with van der Waals surface area (Å²) in [5.41, 5.74) is 0.389. The zero-order valence-electron chi connectivity index (χ0n) is 21.4. The molecular weight excluding hydrogens is 540 g/mol. The lowest BCUT2D eigenvalue weighted by molar-refractivity contribution is -0.134. The minimum atomic E-state index is -3.92. The van der Waals surface area contributed by atoms with E-state index in [0.29, 0.717) is 54.1 Å². The van der Waals surface area contributed by atoms with Crippen molar-refractivity contribution in [3.8, 4) is 11.0 Å². The maximum atomic E-state index is 13.4. The molecule has 2 aliphatic rings. The molecule has 1 aromatic carbocycles. The molecule has 38 heavy (non-hydrogen) atoms. The van der Waals surface area contributed by atoms with E-state index in [9.17, 15) is 22.0 Å². The van der Waals surface area contributed by atoms with Crippen molar-refractivity contribution in [1.29, 1.82) is 0 Å². The Morgan fingerprint density at radius 1 is 1.16 bits per heavy atom. The minimum absolute atomic E-state index is 0.0104. The quantitative estimate of drug-likeness (QED) is 0.440. The highest BCUT2D eigenvalue weighted by atomic mass is 32.2. The fraction of sp³-hybridized carbons (Fsp3) is 0.565. The number of carbonyl (C=O) groups is 1. The maximum absolute atomic E-state index is 13.4. The van der Waals surface area contributed by atoms with Crippen LogP contribution in [0, 0.1) is 5.92 Å². The molecule has 0 radical (unpaired) electrons. The normalized spacial score (nSPS) is 17.6. The molecule has 0 unspecified atom stereocenters. The van der Waals surface area contributed by atoms with Gasteiger partial charge < -0.3 is 14.5 Å². The Labute approximate surface area is 222 Å². The van der Waals surface area contributed by atoms with Crippen LogP contribution in [0.1, 0.15) is 45.0 Å². The molecule has 11 nitrogen and oxygen atoms in total. The van der Waals surface area contributed by atoms with E-state index < -0.39 is 27.0 Å². The van der Waals surface area contributed by atoms with Gasteiger partial charge in [-0.05, 0) is 31.9 Å². The van der Waals surface area contributed by atoms with Crippen molar-refractivity contribution in [2.45, 2.75) is 50.5 Å². The molecule has 1 saturated carbocycles. The molecule has 1 aliphatic carbocycles. The number of aromatic nitrogens is 4. The fourth-order valence-corrected chi connectivity index (χ4v) is 6.64. The Morgan fingerprint density at radius 3 is 2.39 bits per heavy atom. The number of benzene rings is 1. The predicted octanol–water partition coefficient (Wildman–Crippen LogP) is 2.96. The number of anilines is 1. The Bertz CT molecular complexity index is 1480. The van der Waals surface area contributed by atoms with Gasteiger partial charge in [0, 0.05) is 37.6 Å². The third kappa shape index (κ3) is 4.94. The summed E-state index contributed by atoms with van der Waals surface area (Å²) < 4.78 is 62.9. The van der Waals surface area contributed by atoms with E-state index in [4.69, 9.17) is 4.74 Å². The summed E-state index contributed by atoms with van der Waals surface area (Å²) in [6, 6.07) is 3.03. The number of fused-ring (bicyclic) bond motifs is 1. The van der Waals surface area contributed by atoms with Gasteiger partial charge in [-0.2, -0.15) is 0 Å². The summed E-state index contributed by atoms with van der Waals surface area (Å²) in [5, 5.41) is 12.0. The van der Waals surface area contributed by atoms with Crippen LogP contribution >= 0.6 is 11.3 Å². The van der Waals surface area contributed by atoms with Crippen molar-refractivity contribution in [3.63, 3.8) is 0 Å². The summed E-state index contributed by atoms with van der Waals surface area (Å²) in [6.45, 7) is 7.41. The van der Waals surface area contributed by atoms with Crippen LogP contribution in [0.4, 0.5) is 14.5 Å². The van der Waals surface area contributed by atoms with Crippen LogP contribution in [-0.2, 0) is 14.8 Å². The van der Waals surface area contributed by atoms with Crippen molar-refractivity contribution in [3.05, 3.63) is 17.1 Å². The van der Waals surface area contributed by atoms with Crippen LogP contribution in [0.2, 0.25) is 0 Å². The van der Waals surface area contributed by atoms with E-state index in [-0.39, 0.29) is 27.7 Å². The number of amides is 1. The zero-order valence-corrected chi connectivity index (χ0v) is 23.1. The van der Waals surface area contributed by atoms with Crippen LogP contribution in [0.3, 0.4) is 0 Å². The highest BCUT2D eigenvalue weighted by molar-refractivity contribution is 7.89. The number of methoxy groups -OCH3 is 1. The van der Waals surface area contributed by atoms with Gasteiger partial charge in [0.15, 0.2) is 5.01 Å². The Balaban J connectivity index is 1.64. The molecular formula is C23H29F2N7O4S2.